The van der Waals surface area contributed by atoms with E-state index >= 15 is 0 Å². The highest BCUT2D eigenvalue weighted by atomic mass is 15.0. The van der Waals surface area contributed by atoms with Crippen molar-refractivity contribution in [2.24, 2.45) is 0 Å². The Labute approximate surface area is 138 Å². The number of hydrogen-bond acceptors (Lipinski definition) is 2. The maximum Gasteiger partial charge on any atom is 0.0345 e. The van der Waals surface area contributed by atoms with E-state index in [0.717, 1.165) is 0 Å². The monoisotopic (exact) mass is 304 g/mol. The van der Waals surface area contributed by atoms with E-state index in [1.54, 1.807) is 0 Å². The SMILES string of the molecule is CCCCC(C)(C)Nc1ccc(NC(C)(C)CCCC)cc1. The number of rotatable bonds is 10. The third-order valence-corrected chi connectivity index (χ3v) is 4.16. The average Bonchev–Trinajstić information content (AvgIpc) is 2.45. The fraction of sp³-hybridized carbons (Fsp3) is 0.700. The lowest BCUT2D eigenvalue weighted by molar-refractivity contribution is 0.492. The third-order valence-electron chi connectivity index (χ3n) is 4.16. The molecule has 0 saturated heterocycles. The molecule has 0 aliphatic rings. The molecule has 22 heavy (non-hydrogen) atoms. The summed E-state index contributed by atoms with van der Waals surface area (Å²) in [5.41, 5.74) is 2.73. The molecule has 0 heterocycles. The molecule has 0 saturated carbocycles. The van der Waals surface area contributed by atoms with Crippen LogP contribution in [0.3, 0.4) is 0 Å². The first-order valence-corrected chi connectivity index (χ1v) is 8.94. The molecule has 0 radical (unpaired) electrons. The highest BCUT2D eigenvalue weighted by Gasteiger charge is 2.18. The zero-order valence-corrected chi connectivity index (χ0v) is 15.6. The quantitative estimate of drug-likeness (QED) is 0.519. The van der Waals surface area contributed by atoms with E-state index in [4.69, 9.17) is 0 Å². The Morgan fingerprint density at radius 3 is 1.27 bits per heavy atom. The normalized spacial score (nSPS) is 12.3. The van der Waals surface area contributed by atoms with Gasteiger partial charge in [0.05, 0.1) is 0 Å². The molecule has 2 heteroatoms. The predicted octanol–water partition coefficient (Wildman–Crippen LogP) is 6.45. The summed E-state index contributed by atoms with van der Waals surface area (Å²) in [6, 6.07) is 8.75. The average molecular weight is 305 g/mol. The number of unbranched alkanes of at least 4 members (excludes halogenated alkanes) is 2. The largest absolute Gasteiger partial charge is 0.380 e. The summed E-state index contributed by atoms with van der Waals surface area (Å²) in [5.74, 6) is 0. The maximum atomic E-state index is 3.65. The summed E-state index contributed by atoms with van der Waals surface area (Å²) in [5, 5.41) is 7.30. The molecule has 2 N–H and O–H groups in total. The molecule has 1 rings (SSSR count). The van der Waals surface area contributed by atoms with Crippen LogP contribution in [0.15, 0.2) is 24.3 Å². The lowest BCUT2D eigenvalue weighted by Crippen LogP contribution is -2.31. The summed E-state index contributed by atoms with van der Waals surface area (Å²) in [6.07, 6.45) is 7.44. The molecular formula is C20H36N2. The molecule has 0 aliphatic heterocycles. The Kier molecular flexibility index (Phi) is 7.25. The van der Waals surface area contributed by atoms with Gasteiger partial charge in [0.1, 0.15) is 0 Å². The van der Waals surface area contributed by atoms with E-state index in [-0.39, 0.29) is 11.1 Å². The number of anilines is 2. The van der Waals surface area contributed by atoms with E-state index in [1.807, 2.05) is 0 Å². The zero-order valence-electron chi connectivity index (χ0n) is 15.6. The summed E-state index contributed by atoms with van der Waals surface area (Å²) >= 11 is 0. The smallest absolute Gasteiger partial charge is 0.0345 e. The summed E-state index contributed by atoms with van der Waals surface area (Å²) in [7, 11) is 0. The molecule has 0 unspecified atom stereocenters. The lowest BCUT2D eigenvalue weighted by atomic mass is 9.96. The first-order chi connectivity index (χ1) is 10.3. The lowest BCUT2D eigenvalue weighted by Gasteiger charge is -2.29. The Hall–Kier alpha value is -1.18. The van der Waals surface area contributed by atoms with E-state index in [9.17, 15) is 0 Å². The van der Waals surface area contributed by atoms with Gasteiger partial charge in [-0.05, 0) is 64.8 Å². The molecule has 1 aromatic carbocycles. The Morgan fingerprint density at radius 2 is 1.00 bits per heavy atom. The molecular weight excluding hydrogens is 268 g/mol. The molecule has 0 bridgehead atoms. The standard InChI is InChI=1S/C20H36N2/c1-7-9-15-19(3,4)21-17-11-13-18(14-12-17)22-20(5,6)16-10-8-2/h11-14,21-22H,7-10,15-16H2,1-6H3. The minimum Gasteiger partial charge on any atom is -0.380 e. The van der Waals surface area contributed by atoms with Crippen molar-refractivity contribution in [1.82, 2.24) is 0 Å². The van der Waals surface area contributed by atoms with Gasteiger partial charge in [-0.1, -0.05) is 39.5 Å². The van der Waals surface area contributed by atoms with Gasteiger partial charge >= 0.3 is 0 Å². The summed E-state index contributed by atoms with van der Waals surface area (Å²) in [6.45, 7) is 13.6. The Bertz CT molecular complexity index is 377. The van der Waals surface area contributed by atoms with Crippen LogP contribution in [0.25, 0.3) is 0 Å². The van der Waals surface area contributed by atoms with Crippen molar-refractivity contribution in [1.29, 1.82) is 0 Å². The van der Waals surface area contributed by atoms with Crippen LogP contribution in [0, 0.1) is 0 Å². The molecule has 0 aliphatic carbocycles. The molecule has 0 atom stereocenters. The summed E-state index contributed by atoms with van der Waals surface area (Å²) < 4.78 is 0. The van der Waals surface area contributed by atoms with Crippen LogP contribution in [0.2, 0.25) is 0 Å². The first-order valence-electron chi connectivity index (χ1n) is 8.94. The van der Waals surface area contributed by atoms with Crippen LogP contribution < -0.4 is 10.6 Å². The third kappa shape index (κ3) is 7.20. The first kappa shape index (κ1) is 18.9. The van der Waals surface area contributed by atoms with Crippen LogP contribution in [-0.4, -0.2) is 11.1 Å². The molecule has 0 fully saturated rings. The van der Waals surface area contributed by atoms with Crippen LogP contribution in [-0.2, 0) is 0 Å². The number of benzene rings is 1. The minimum absolute atomic E-state index is 0.158. The van der Waals surface area contributed by atoms with Crippen molar-refractivity contribution in [2.75, 3.05) is 10.6 Å². The van der Waals surface area contributed by atoms with Gasteiger partial charge < -0.3 is 10.6 Å². The number of nitrogens with one attached hydrogen (secondary N) is 2. The van der Waals surface area contributed by atoms with E-state index in [1.165, 1.54) is 49.9 Å². The van der Waals surface area contributed by atoms with Gasteiger partial charge in [0.2, 0.25) is 0 Å². The topological polar surface area (TPSA) is 24.1 Å². The number of hydrogen-bond donors (Lipinski definition) is 2. The van der Waals surface area contributed by atoms with Crippen molar-refractivity contribution >= 4 is 11.4 Å². The van der Waals surface area contributed by atoms with Gasteiger partial charge in [0.15, 0.2) is 0 Å². The molecule has 2 nitrogen and oxygen atoms in total. The molecule has 126 valence electrons. The second-order valence-corrected chi connectivity index (χ2v) is 7.80. The highest BCUT2D eigenvalue weighted by molar-refractivity contribution is 5.55. The minimum atomic E-state index is 0.158. The molecule has 1 aromatic rings. The Morgan fingerprint density at radius 1 is 0.682 bits per heavy atom. The van der Waals surface area contributed by atoms with Gasteiger partial charge in [0, 0.05) is 22.5 Å². The van der Waals surface area contributed by atoms with Crippen molar-refractivity contribution in [2.45, 2.75) is 91.1 Å². The van der Waals surface area contributed by atoms with Crippen LogP contribution in [0.5, 0.6) is 0 Å². The van der Waals surface area contributed by atoms with Gasteiger partial charge in [-0.15, -0.1) is 0 Å². The maximum absolute atomic E-state index is 3.65. The van der Waals surface area contributed by atoms with E-state index in [2.05, 4.69) is 76.4 Å². The molecule has 0 aromatic heterocycles. The molecule has 0 spiro atoms. The predicted molar refractivity (Wildman–Crippen MR) is 101 cm³/mol. The second-order valence-electron chi connectivity index (χ2n) is 7.80. The van der Waals surface area contributed by atoms with Crippen LogP contribution in [0.4, 0.5) is 11.4 Å². The van der Waals surface area contributed by atoms with E-state index in [0.29, 0.717) is 0 Å². The van der Waals surface area contributed by atoms with Crippen LogP contribution >= 0.6 is 0 Å². The van der Waals surface area contributed by atoms with Crippen LogP contribution in [0.1, 0.15) is 80.1 Å². The molecule has 0 amide bonds. The summed E-state index contributed by atoms with van der Waals surface area (Å²) in [4.78, 5) is 0. The fourth-order valence-electron chi connectivity index (χ4n) is 2.78. The van der Waals surface area contributed by atoms with Crippen molar-refractivity contribution in [3.63, 3.8) is 0 Å². The zero-order chi connectivity index (χ0) is 16.6. The van der Waals surface area contributed by atoms with Crippen molar-refractivity contribution in [3.05, 3.63) is 24.3 Å². The Balaban J connectivity index is 2.59. The highest BCUT2D eigenvalue weighted by Crippen LogP contribution is 2.24. The van der Waals surface area contributed by atoms with E-state index < -0.39 is 0 Å². The fourth-order valence-corrected chi connectivity index (χ4v) is 2.78. The van der Waals surface area contributed by atoms with Crippen molar-refractivity contribution < 1.29 is 0 Å². The van der Waals surface area contributed by atoms with Gasteiger partial charge in [-0.3, -0.25) is 0 Å². The van der Waals surface area contributed by atoms with Gasteiger partial charge in [0.25, 0.3) is 0 Å². The van der Waals surface area contributed by atoms with Gasteiger partial charge in [-0.2, -0.15) is 0 Å². The van der Waals surface area contributed by atoms with Crippen molar-refractivity contribution in [3.8, 4) is 0 Å². The van der Waals surface area contributed by atoms with Gasteiger partial charge in [-0.25, -0.2) is 0 Å². The second kappa shape index (κ2) is 8.45.